The third-order valence-corrected chi connectivity index (χ3v) is 11.8. The van der Waals surface area contributed by atoms with E-state index in [1.165, 1.54) is 0 Å². The van der Waals surface area contributed by atoms with Gasteiger partial charge in [0.1, 0.15) is 60.0 Å². The van der Waals surface area contributed by atoms with Gasteiger partial charge in [-0.15, -0.1) is 0 Å². The molecular formula is C58H69N5O10. The molecule has 15 nitrogen and oxygen atoms in total. The molecule has 6 N–H and O–H groups in total. The summed E-state index contributed by atoms with van der Waals surface area (Å²) in [4.78, 5) is 82.3. The van der Waals surface area contributed by atoms with Crippen molar-refractivity contribution in [3.63, 3.8) is 0 Å². The molecule has 0 spiro atoms. The molecule has 0 bridgehead atoms. The molecule has 0 aromatic heterocycles. The fourth-order valence-electron chi connectivity index (χ4n) is 8.60. The number of carbonyl (C=O) groups is 6. The summed E-state index contributed by atoms with van der Waals surface area (Å²) in [7, 11) is 0. The number of rotatable bonds is 22. The quantitative estimate of drug-likeness (QED) is 0.0398. The van der Waals surface area contributed by atoms with Crippen molar-refractivity contribution in [3.05, 3.63) is 155 Å². The van der Waals surface area contributed by atoms with Gasteiger partial charge in [0.2, 0.25) is 23.6 Å². The first-order chi connectivity index (χ1) is 34.6. The normalized spacial score (nSPS) is 13.8. The molecule has 0 heterocycles. The third-order valence-electron chi connectivity index (χ3n) is 11.8. The Labute approximate surface area is 428 Å². The number of hydrogen-bond acceptors (Lipinski definition) is 9. The Kier molecular flexibility index (Phi) is 18.4. The van der Waals surface area contributed by atoms with Crippen molar-refractivity contribution in [1.29, 1.82) is 0 Å². The number of aliphatic carboxylic acids is 1. The summed E-state index contributed by atoms with van der Waals surface area (Å²) >= 11 is 0. The summed E-state index contributed by atoms with van der Waals surface area (Å²) in [6, 6.07) is 33.7. The first-order valence-electron chi connectivity index (χ1n) is 24.7. The van der Waals surface area contributed by atoms with E-state index in [2.05, 4.69) is 26.6 Å². The minimum atomic E-state index is -1.33. The average Bonchev–Trinajstić information content (AvgIpc) is 3.65. The second-order valence-corrected chi connectivity index (χ2v) is 20.8. The van der Waals surface area contributed by atoms with Gasteiger partial charge in [-0.2, -0.15) is 0 Å². The van der Waals surface area contributed by atoms with Crippen LogP contribution in [0.2, 0.25) is 0 Å². The molecule has 4 atom stereocenters. The van der Waals surface area contributed by atoms with E-state index in [9.17, 15) is 33.9 Å². The van der Waals surface area contributed by atoms with Gasteiger partial charge in [0.05, 0.1) is 0 Å². The summed E-state index contributed by atoms with van der Waals surface area (Å²) in [5, 5.41) is 23.8. The van der Waals surface area contributed by atoms with Crippen molar-refractivity contribution >= 4 is 35.7 Å². The molecule has 73 heavy (non-hydrogen) atoms. The van der Waals surface area contributed by atoms with Crippen LogP contribution in [-0.2, 0) is 48.0 Å². The Morgan fingerprint density at radius 2 is 0.932 bits per heavy atom. The number of carbonyl (C=O) groups excluding carboxylic acids is 5. The Morgan fingerprint density at radius 1 is 0.521 bits per heavy atom. The molecule has 0 radical (unpaired) electrons. The van der Waals surface area contributed by atoms with Gasteiger partial charge >= 0.3 is 12.1 Å². The Bertz CT molecular complexity index is 2650. The van der Waals surface area contributed by atoms with Gasteiger partial charge in [-0.3, -0.25) is 19.2 Å². The van der Waals surface area contributed by atoms with E-state index in [0.717, 1.165) is 22.3 Å². The Morgan fingerprint density at radius 3 is 1.38 bits per heavy atom. The number of carboxylic acids is 1. The average molecular weight is 996 g/mol. The predicted octanol–water partition coefficient (Wildman–Crippen LogP) is 7.68. The van der Waals surface area contributed by atoms with Crippen LogP contribution < -0.4 is 36.1 Å². The van der Waals surface area contributed by atoms with Crippen molar-refractivity contribution in [2.45, 2.75) is 122 Å². The number of carboxylic acid groups (broad SMARTS) is 1. The maximum absolute atomic E-state index is 14.7. The van der Waals surface area contributed by atoms with E-state index in [1.54, 1.807) is 78.9 Å². The van der Waals surface area contributed by atoms with Crippen LogP contribution in [0.15, 0.2) is 127 Å². The molecule has 386 valence electrons. The van der Waals surface area contributed by atoms with Crippen LogP contribution in [0.1, 0.15) is 95.5 Å². The predicted molar refractivity (Wildman–Crippen MR) is 279 cm³/mol. The number of fused-ring (bicyclic) bond motifs is 3. The largest absolute Gasteiger partial charge is 0.488 e. The lowest BCUT2D eigenvalue weighted by Crippen LogP contribution is -2.59. The molecule has 5 aromatic carbocycles. The fraction of sp³-hybridized carbons (Fsp3) is 0.379. The molecule has 0 saturated heterocycles. The van der Waals surface area contributed by atoms with E-state index in [4.69, 9.17) is 14.2 Å². The zero-order valence-electron chi connectivity index (χ0n) is 43.0. The van der Waals surface area contributed by atoms with Gasteiger partial charge in [0.15, 0.2) is 0 Å². The number of alkyl carbamates (subject to hydrolysis) is 1. The summed E-state index contributed by atoms with van der Waals surface area (Å²) in [6.45, 7) is 14.8. The molecule has 0 fully saturated rings. The highest BCUT2D eigenvalue weighted by molar-refractivity contribution is 5.95. The summed E-state index contributed by atoms with van der Waals surface area (Å²) in [6.07, 6.45) is -0.738. The number of benzene rings is 5. The highest BCUT2D eigenvalue weighted by atomic mass is 16.5. The third kappa shape index (κ3) is 16.7. The molecule has 0 aliphatic heterocycles. The van der Waals surface area contributed by atoms with Crippen LogP contribution in [-0.4, -0.2) is 89.3 Å². The SMILES string of the molecule is CC(C)C[C@H](NC(=O)CNC(=O)OCC1c2ccccc2-c2ccccc21)C(=O)N[C@@H](Cc1ccc(OC(C)(C)C)cc1)C(=O)N[C@@H](Cc1ccc(OC(C)(C)C)cc1)C(=O)N[C@H](Cc1ccccc1)C(=O)O. The van der Waals surface area contributed by atoms with Gasteiger partial charge in [-0.1, -0.05) is 117 Å². The Hall–Kier alpha value is -7.68. The van der Waals surface area contributed by atoms with Gasteiger partial charge in [-0.25, -0.2) is 9.59 Å². The molecule has 1 aliphatic carbocycles. The topological polar surface area (TPSA) is 210 Å². The van der Waals surface area contributed by atoms with E-state index < -0.39 is 77.6 Å². The minimum absolute atomic E-state index is 0.0147. The maximum Gasteiger partial charge on any atom is 0.407 e. The first-order valence-corrected chi connectivity index (χ1v) is 24.7. The van der Waals surface area contributed by atoms with Crippen LogP contribution >= 0.6 is 0 Å². The number of nitrogens with one attached hydrogen (secondary N) is 5. The van der Waals surface area contributed by atoms with E-state index in [-0.39, 0.29) is 44.1 Å². The molecule has 5 aromatic rings. The van der Waals surface area contributed by atoms with E-state index in [1.807, 2.05) is 104 Å². The number of amides is 5. The van der Waals surface area contributed by atoms with Crippen molar-refractivity contribution in [2.75, 3.05) is 13.2 Å². The van der Waals surface area contributed by atoms with Crippen LogP contribution in [0.3, 0.4) is 0 Å². The molecule has 5 amide bonds. The molecule has 1 aliphatic rings. The van der Waals surface area contributed by atoms with Gasteiger partial charge in [0.25, 0.3) is 0 Å². The van der Waals surface area contributed by atoms with Gasteiger partial charge < -0.3 is 45.9 Å². The highest BCUT2D eigenvalue weighted by Gasteiger charge is 2.33. The van der Waals surface area contributed by atoms with Crippen molar-refractivity contribution < 1.29 is 48.1 Å². The summed E-state index contributed by atoms with van der Waals surface area (Å²) in [5.41, 5.74) is 5.24. The van der Waals surface area contributed by atoms with Crippen molar-refractivity contribution in [3.8, 4) is 22.6 Å². The summed E-state index contributed by atoms with van der Waals surface area (Å²) in [5.74, 6) is -3.20. The second-order valence-electron chi connectivity index (χ2n) is 20.8. The lowest BCUT2D eigenvalue weighted by atomic mass is 9.98. The zero-order valence-corrected chi connectivity index (χ0v) is 43.0. The van der Waals surface area contributed by atoms with Crippen molar-refractivity contribution in [2.24, 2.45) is 5.92 Å². The molecular weight excluding hydrogens is 927 g/mol. The van der Waals surface area contributed by atoms with E-state index >= 15 is 0 Å². The van der Waals surface area contributed by atoms with Crippen LogP contribution in [0, 0.1) is 5.92 Å². The summed E-state index contributed by atoms with van der Waals surface area (Å²) < 4.78 is 17.6. The molecule has 6 rings (SSSR count). The second kappa shape index (κ2) is 24.6. The maximum atomic E-state index is 14.7. The smallest absolute Gasteiger partial charge is 0.407 e. The lowest BCUT2D eigenvalue weighted by molar-refractivity contribution is -0.142. The first kappa shape index (κ1) is 54.6. The standard InChI is InChI=1S/C58H69N5O10/c1-36(2)30-47(60-51(64)34-59-56(70)71-35-46-44-20-14-12-18-42(44)43-19-13-15-21-45(43)46)52(65)61-48(31-38-22-26-40(27-23-38)72-57(3,4)5)53(66)62-49(32-39-24-28-41(29-25-39)73-58(6,7)8)54(67)63-50(55(68)69)33-37-16-10-9-11-17-37/h9-29,36,46-50H,30-35H2,1-8H3,(H,59,70)(H,60,64)(H,61,65)(H,62,66)(H,63,67)(H,68,69)/t47-,48-,49-,50+/m0/s1. The van der Waals surface area contributed by atoms with Crippen LogP contribution in [0.5, 0.6) is 11.5 Å². The van der Waals surface area contributed by atoms with E-state index in [0.29, 0.717) is 28.2 Å². The van der Waals surface area contributed by atoms with Crippen LogP contribution in [0.25, 0.3) is 11.1 Å². The van der Waals surface area contributed by atoms with Crippen LogP contribution in [0.4, 0.5) is 4.79 Å². The minimum Gasteiger partial charge on any atom is -0.488 e. The zero-order chi connectivity index (χ0) is 52.9. The number of ether oxygens (including phenoxy) is 3. The van der Waals surface area contributed by atoms with Gasteiger partial charge in [-0.05, 0) is 117 Å². The molecule has 0 saturated carbocycles. The monoisotopic (exact) mass is 996 g/mol. The molecule has 0 unspecified atom stereocenters. The lowest BCUT2D eigenvalue weighted by Gasteiger charge is -2.27. The highest BCUT2D eigenvalue weighted by Crippen LogP contribution is 2.44. The van der Waals surface area contributed by atoms with Crippen molar-refractivity contribution in [1.82, 2.24) is 26.6 Å². The van der Waals surface area contributed by atoms with Gasteiger partial charge in [0, 0.05) is 25.2 Å². The fourth-order valence-corrected chi connectivity index (χ4v) is 8.60. The molecule has 15 heteroatoms. The number of hydrogen-bond donors (Lipinski definition) is 6. The Balaban J connectivity index is 1.19.